The second kappa shape index (κ2) is 9.76. The number of aromatic nitrogens is 1. The highest BCUT2D eigenvalue weighted by Gasteiger charge is 2.16. The number of fused-ring (bicyclic) bond motifs is 1. The molecule has 0 amide bonds. The predicted molar refractivity (Wildman–Crippen MR) is 130 cm³/mol. The van der Waals surface area contributed by atoms with E-state index in [1.165, 1.54) is 23.8 Å². The Bertz CT molecular complexity index is 1310. The average Bonchev–Trinajstić information content (AvgIpc) is 3.26. The normalized spacial score (nSPS) is 11.2. The molecule has 0 spiro atoms. The topological polar surface area (TPSA) is 72.6 Å². The number of benzene rings is 2. The summed E-state index contributed by atoms with van der Waals surface area (Å²) in [6.45, 7) is 2.17. The molecule has 4 rings (SSSR count). The third-order valence-corrected chi connectivity index (χ3v) is 6.52. The number of thiazole rings is 1. The van der Waals surface area contributed by atoms with Gasteiger partial charge in [0.2, 0.25) is 0 Å². The first kappa shape index (κ1) is 22.4. The summed E-state index contributed by atoms with van der Waals surface area (Å²) in [4.78, 5) is 17.3. The summed E-state index contributed by atoms with van der Waals surface area (Å²) in [5.74, 6) is 0.814. The molecule has 2 aromatic carbocycles. The van der Waals surface area contributed by atoms with Crippen LogP contribution in [0.3, 0.4) is 0 Å². The molecule has 0 saturated heterocycles. The number of aryl methyl sites for hydroxylation is 1. The molecule has 0 radical (unpaired) electrons. The van der Waals surface area contributed by atoms with Gasteiger partial charge in [-0.1, -0.05) is 37.8 Å². The molecule has 2 heterocycles. The van der Waals surface area contributed by atoms with Crippen molar-refractivity contribution in [1.29, 1.82) is 0 Å². The molecular weight excluding hydrogens is 446 g/mol. The largest absolute Gasteiger partial charge is 0.508 e. The van der Waals surface area contributed by atoms with Gasteiger partial charge in [0.05, 0.1) is 18.4 Å². The van der Waals surface area contributed by atoms with Gasteiger partial charge in [0.15, 0.2) is 0 Å². The third kappa shape index (κ3) is 4.66. The molecule has 0 aliphatic heterocycles. The van der Waals surface area contributed by atoms with Crippen LogP contribution < -0.4 is 10.4 Å². The van der Waals surface area contributed by atoms with Gasteiger partial charge in [-0.15, -0.1) is 11.3 Å². The summed E-state index contributed by atoms with van der Waals surface area (Å²) in [6, 6.07) is 10.5. The second-order valence-electron chi connectivity index (χ2n) is 7.66. The van der Waals surface area contributed by atoms with Gasteiger partial charge in [0.25, 0.3) is 0 Å². The van der Waals surface area contributed by atoms with E-state index in [4.69, 9.17) is 20.8 Å². The maximum absolute atomic E-state index is 12.7. The molecule has 2 aromatic heterocycles. The summed E-state index contributed by atoms with van der Waals surface area (Å²) >= 11 is 7.51. The Kier molecular flexibility index (Phi) is 6.82. The molecule has 0 aliphatic carbocycles. The first-order valence-electron chi connectivity index (χ1n) is 10.6. The monoisotopic (exact) mass is 469 g/mol. The molecule has 0 unspecified atom stereocenters. The van der Waals surface area contributed by atoms with Crippen molar-refractivity contribution < 1.29 is 14.3 Å². The summed E-state index contributed by atoms with van der Waals surface area (Å²) in [5.41, 5.74) is 2.54. The van der Waals surface area contributed by atoms with Gasteiger partial charge in [0, 0.05) is 27.4 Å². The van der Waals surface area contributed by atoms with E-state index in [2.05, 4.69) is 11.9 Å². The highest BCUT2D eigenvalue weighted by molar-refractivity contribution is 7.13. The molecular formula is C25H24ClNO4S. The number of phenols is 1. The number of hydrogen-bond donors (Lipinski definition) is 1. The van der Waals surface area contributed by atoms with E-state index in [9.17, 15) is 9.90 Å². The van der Waals surface area contributed by atoms with Crippen LogP contribution >= 0.6 is 22.9 Å². The molecule has 4 aromatic rings. The van der Waals surface area contributed by atoms with E-state index in [-0.39, 0.29) is 5.75 Å². The lowest BCUT2D eigenvalue weighted by molar-refractivity contribution is 0.416. The zero-order valence-corrected chi connectivity index (χ0v) is 19.6. The fourth-order valence-electron chi connectivity index (χ4n) is 3.70. The number of hydrogen-bond acceptors (Lipinski definition) is 6. The molecule has 0 bridgehead atoms. The lowest BCUT2D eigenvalue weighted by atomic mass is 10.0. The smallest absolute Gasteiger partial charge is 0.346 e. The Labute approximate surface area is 195 Å². The van der Waals surface area contributed by atoms with Gasteiger partial charge in [-0.2, -0.15) is 0 Å². The maximum atomic E-state index is 12.7. The van der Waals surface area contributed by atoms with Gasteiger partial charge in [-0.05, 0) is 48.7 Å². The standard InChI is InChI=1S/C25H24ClNO4S/c1-3-4-5-6-7-15-10-16-11-19(25(29)31-23(16)13-21(15)28)24-27-20(14-32-24)18-12-17(26)8-9-22(18)30-2/h8-14,28H,3-7H2,1-2H3. The molecule has 5 nitrogen and oxygen atoms in total. The first-order valence-corrected chi connectivity index (χ1v) is 11.9. The summed E-state index contributed by atoms with van der Waals surface area (Å²) in [6.07, 6.45) is 5.25. The van der Waals surface area contributed by atoms with Crippen molar-refractivity contribution in [3.05, 3.63) is 62.8 Å². The lowest BCUT2D eigenvalue weighted by Gasteiger charge is -2.07. The number of unbranched alkanes of at least 4 members (excludes halogenated alkanes) is 3. The van der Waals surface area contributed by atoms with Crippen LogP contribution in [0.1, 0.15) is 38.2 Å². The summed E-state index contributed by atoms with van der Waals surface area (Å²) in [5, 5.41) is 14.1. The number of phenolic OH excluding ortho intramolecular Hbond substituents is 1. The van der Waals surface area contributed by atoms with Crippen LogP contribution in [-0.2, 0) is 6.42 Å². The number of halogens is 1. The zero-order valence-electron chi connectivity index (χ0n) is 18.0. The third-order valence-electron chi connectivity index (χ3n) is 5.41. The fraction of sp³-hybridized carbons (Fsp3) is 0.280. The van der Waals surface area contributed by atoms with Gasteiger partial charge in [-0.25, -0.2) is 9.78 Å². The number of aromatic hydroxyl groups is 1. The molecule has 0 saturated carbocycles. The van der Waals surface area contributed by atoms with Crippen molar-refractivity contribution >= 4 is 33.9 Å². The van der Waals surface area contributed by atoms with E-state index in [0.29, 0.717) is 32.6 Å². The number of nitrogens with zero attached hydrogens (tertiary/aromatic N) is 1. The van der Waals surface area contributed by atoms with Crippen molar-refractivity contribution in [3.63, 3.8) is 0 Å². The number of methoxy groups -OCH3 is 1. The van der Waals surface area contributed by atoms with Crippen LogP contribution in [0, 0.1) is 0 Å². The van der Waals surface area contributed by atoms with Crippen LogP contribution in [0.15, 0.2) is 51.0 Å². The van der Waals surface area contributed by atoms with E-state index >= 15 is 0 Å². The molecule has 0 atom stereocenters. The quantitative estimate of drug-likeness (QED) is 0.220. The minimum absolute atomic E-state index is 0.162. The van der Waals surface area contributed by atoms with Gasteiger partial charge >= 0.3 is 5.63 Å². The van der Waals surface area contributed by atoms with Gasteiger partial charge in [0.1, 0.15) is 22.1 Å². The molecule has 1 N–H and O–H groups in total. The first-order chi connectivity index (χ1) is 15.5. The molecule has 166 valence electrons. The summed E-state index contributed by atoms with van der Waals surface area (Å²) < 4.78 is 10.9. The Morgan fingerprint density at radius 2 is 1.97 bits per heavy atom. The Hall–Kier alpha value is -2.83. The Balaban J connectivity index is 1.70. The van der Waals surface area contributed by atoms with Crippen LogP contribution in [0.5, 0.6) is 11.5 Å². The van der Waals surface area contributed by atoms with Gasteiger partial charge in [-0.3, -0.25) is 0 Å². The average molecular weight is 470 g/mol. The van der Waals surface area contributed by atoms with Crippen molar-refractivity contribution in [2.75, 3.05) is 7.11 Å². The molecule has 0 aliphatic rings. The molecule has 32 heavy (non-hydrogen) atoms. The highest BCUT2D eigenvalue weighted by atomic mass is 35.5. The van der Waals surface area contributed by atoms with Crippen LogP contribution in [-0.4, -0.2) is 17.2 Å². The van der Waals surface area contributed by atoms with Gasteiger partial charge < -0.3 is 14.3 Å². The van der Waals surface area contributed by atoms with Crippen LogP contribution in [0.4, 0.5) is 0 Å². The van der Waals surface area contributed by atoms with Crippen molar-refractivity contribution in [1.82, 2.24) is 4.98 Å². The van der Waals surface area contributed by atoms with Crippen LogP contribution in [0.25, 0.3) is 32.8 Å². The Morgan fingerprint density at radius 3 is 2.75 bits per heavy atom. The highest BCUT2D eigenvalue weighted by Crippen LogP contribution is 2.36. The van der Waals surface area contributed by atoms with Crippen molar-refractivity contribution in [3.8, 4) is 33.3 Å². The molecule has 7 heteroatoms. The Morgan fingerprint density at radius 1 is 1.12 bits per heavy atom. The minimum Gasteiger partial charge on any atom is -0.508 e. The second-order valence-corrected chi connectivity index (χ2v) is 8.95. The van der Waals surface area contributed by atoms with Crippen molar-refractivity contribution in [2.45, 2.75) is 39.0 Å². The van der Waals surface area contributed by atoms with Crippen LogP contribution in [0.2, 0.25) is 5.02 Å². The fourth-order valence-corrected chi connectivity index (χ4v) is 4.69. The summed E-state index contributed by atoms with van der Waals surface area (Å²) in [7, 11) is 1.59. The minimum atomic E-state index is -0.494. The number of ether oxygens (including phenoxy) is 1. The SMILES string of the molecule is CCCCCCc1cc2cc(-c3nc(-c4cc(Cl)ccc4OC)cs3)c(=O)oc2cc1O. The van der Waals surface area contributed by atoms with Crippen molar-refractivity contribution in [2.24, 2.45) is 0 Å². The maximum Gasteiger partial charge on any atom is 0.346 e. The van der Waals surface area contributed by atoms with E-state index in [1.54, 1.807) is 31.4 Å². The van der Waals surface area contributed by atoms with E-state index in [1.807, 2.05) is 11.4 Å². The molecule has 0 fully saturated rings. The zero-order chi connectivity index (χ0) is 22.7. The predicted octanol–water partition coefficient (Wildman–Crippen LogP) is 7.07. The van der Waals surface area contributed by atoms with E-state index < -0.39 is 5.63 Å². The number of rotatable bonds is 8. The lowest BCUT2D eigenvalue weighted by Crippen LogP contribution is -2.03. The van der Waals surface area contributed by atoms with E-state index in [0.717, 1.165) is 42.2 Å².